The fourth-order valence-corrected chi connectivity index (χ4v) is 5.41. The molecule has 2 aliphatic rings. The predicted octanol–water partition coefficient (Wildman–Crippen LogP) is 2.08. The molecule has 0 spiro atoms. The number of nitriles is 1. The molecule has 1 aromatic carbocycles. The van der Waals surface area contributed by atoms with Crippen LogP contribution in [0.2, 0.25) is 0 Å². The van der Waals surface area contributed by atoms with E-state index in [2.05, 4.69) is 26.3 Å². The topological polar surface area (TPSA) is 114 Å². The summed E-state index contributed by atoms with van der Waals surface area (Å²) in [6.45, 7) is 1.59. The van der Waals surface area contributed by atoms with Gasteiger partial charge in [0.1, 0.15) is 6.07 Å². The minimum absolute atomic E-state index is 0.0347. The number of nitrogens with zero attached hydrogens (tertiary/aromatic N) is 2. The second-order valence-corrected chi connectivity index (χ2v) is 9.94. The monoisotopic (exact) mass is 433 g/mol. The minimum Gasteiger partial charge on any atom is -0.370 e. The summed E-state index contributed by atoms with van der Waals surface area (Å²) in [5, 5.41) is 14.9. The molecule has 1 saturated carbocycles. The first kappa shape index (κ1) is 22.4. The van der Waals surface area contributed by atoms with Crippen LogP contribution in [-0.2, 0) is 10.0 Å². The van der Waals surface area contributed by atoms with E-state index in [1.165, 1.54) is 6.42 Å². The highest BCUT2D eigenvalue weighted by atomic mass is 32.2. The normalized spacial score (nSPS) is 18.6. The van der Waals surface area contributed by atoms with Crippen molar-refractivity contribution in [3.05, 3.63) is 29.8 Å². The fourth-order valence-electron chi connectivity index (χ4n) is 4.18. The standard InChI is InChI=1S/C21H31N5O3S/c22-16-17-6-4-5-9-20(17)26-13-10-18(11-14-26)24-21(27)23-12-15-30(28,29)25-19-7-2-1-3-8-19/h4-6,9,18-19,25H,1-3,7-8,10-15H2,(H2,23,24,27). The van der Waals surface area contributed by atoms with Crippen LogP contribution < -0.4 is 20.3 Å². The van der Waals surface area contributed by atoms with Gasteiger partial charge in [-0.2, -0.15) is 5.26 Å². The van der Waals surface area contributed by atoms with Gasteiger partial charge in [0.15, 0.2) is 0 Å². The summed E-state index contributed by atoms with van der Waals surface area (Å²) < 4.78 is 27.1. The van der Waals surface area contributed by atoms with Crippen LogP contribution >= 0.6 is 0 Å². The number of rotatable bonds is 7. The van der Waals surface area contributed by atoms with Crippen molar-refractivity contribution in [2.75, 3.05) is 30.3 Å². The Labute approximate surface area is 179 Å². The summed E-state index contributed by atoms with van der Waals surface area (Å²) in [4.78, 5) is 14.3. The van der Waals surface area contributed by atoms with Gasteiger partial charge in [0.2, 0.25) is 10.0 Å². The third-order valence-electron chi connectivity index (χ3n) is 5.80. The highest BCUT2D eigenvalue weighted by molar-refractivity contribution is 7.89. The summed E-state index contributed by atoms with van der Waals surface area (Å²) >= 11 is 0. The Hall–Kier alpha value is -2.31. The largest absolute Gasteiger partial charge is 0.370 e. The van der Waals surface area contributed by atoms with Gasteiger partial charge in [0, 0.05) is 31.7 Å². The molecule has 30 heavy (non-hydrogen) atoms. The molecular weight excluding hydrogens is 402 g/mol. The second kappa shape index (κ2) is 10.6. The van der Waals surface area contributed by atoms with Gasteiger partial charge in [-0.3, -0.25) is 0 Å². The Bertz CT molecular complexity index is 854. The number of urea groups is 1. The number of sulfonamides is 1. The molecule has 1 saturated heterocycles. The van der Waals surface area contributed by atoms with Gasteiger partial charge >= 0.3 is 6.03 Å². The molecule has 0 radical (unpaired) electrons. The SMILES string of the molecule is N#Cc1ccccc1N1CCC(NC(=O)NCCS(=O)(=O)NC2CCCCC2)CC1. The number of carbonyl (C=O) groups is 1. The molecule has 0 aromatic heterocycles. The van der Waals surface area contributed by atoms with E-state index in [1.54, 1.807) is 0 Å². The Morgan fingerprint density at radius 1 is 1.07 bits per heavy atom. The van der Waals surface area contributed by atoms with E-state index >= 15 is 0 Å². The van der Waals surface area contributed by atoms with Crippen molar-refractivity contribution in [3.63, 3.8) is 0 Å². The molecule has 1 aliphatic carbocycles. The number of carbonyl (C=O) groups excluding carboxylic acids is 1. The molecular formula is C21H31N5O3S. The summed E-state index contributed by atoms with van der Waals surface area (Å²) in [6.07, 6.45) is 6.63. The van der Waals surface area contributed by atoms with Gasteiger partial charge in [-0.15, -0.1) is 0 Å². The van der Waals surface area contributed by atoms with E-state index in [0.29, 0.717) is 5.56 Å². The van der Waals surface area contributed by atoms with Crippen molar-refractivity contribution in [3.8, 4) is 6.07 Å². The van der Waals surface area contributed by atoms with Crippen LogP contribution in [-0.4, -0.2) is 51.9 Å². The highest BCUT2D eigenvalue weighted by Crippen LogP contribution is 2.23. The van der Waals surface area contributed by atoms with Gasteiger partial charge in [0.25, 0.3) is 0 Å². The van der Waals surface area contributed by atoms with Crippen molar-refractivity contribution in [2.24, 2.45) is 0 Å². The molecule has 9 heteroatoms. The van der Waals surface area contributed by atoms with Gasteiger partial charge in [-0.25, -0.2) is 17.9 Å². The first-order valence-electron chi connectivity index (χ1n) is 10.8. The highest BCUT2D eigenvalue weighted by Gasteiger charge is 2.23. The first-order valence-corrected chi connectivity index (χ1v) is 12.4. The molecule has 3 rings (SSSR count). The summed E-state index contributed by atoms with van der Waals surface area (Å²) in [7, 11) is -3.38. The molecule has 1 aliphatic heterocycles. The van der Waals surface area contributed by atoms with Gasteiger partial charge in [-0.05, 0) is 37.8 Å². The summed E-state index contributed by atoms with van der Waals surface area (Å²) in [5.41, 5.74) is 1.59. The van der Waals surface area contributed by atoms with Crippen LogP contribution in [0.15, 0.2) is 24.3 Å². The summed E-state index contributed by atoms with van der Waals surface area (Å²) in [5.74, 6) is -0.111. The van der Waals surface area contributed by atoms with Crippen molar-refractivity contribution in [2.45, 2.75) is 57.0 Å². The third kappa shape index (κ3) is 6.61. The Morgan fingerprint density at radius 3 is 2.47 bits per heavy atom. The molecule has 1 aromatic rings. The van der Waals surface area contributed by atoms with Crippen LogP contribution in [0, 0.1) is 11.3 Å². The van der Waals surface area contributed by atoms with E-state index in [0.717, 1.165) is 57.3 Å². The lowest BCUT2D eigenvalue weighted by atomic mass is 9.96. The van der Waals surface area contributed by atoms with Crippen LogP contribution in [0.4, 0.5) is 10.5 Å². The molecule has 0 bridgehead atoms. The van der Waals surface area contributed by atoms with Crippen molar-refractivity contribution in [1.82, 2.24) is 15.4 Å². The summed E-state index contributed by atoms with van der Waals surface area (Å²) in [6, 6.07) is 9.49. The van der Waals surface area contributed by atoms with Crippen molar-refractivity contribution < 1.29 is 13.2 Å². The van der Waals surface area contributed by atoms with Gasteiger partial charge in [0.05, 0.1) is 17.0 Å². The third-order valence-corrected chi connectivity index (χ3v) is 7.24. The van der Waals surface area contributed by atoms with Crippen LogP contribution in [0.1, 0.15) is 50.5 Å². The number of anilines is 1. The Morgan fingerprint density at radius 2 is 1.77 bits per heavy atom. The van der Waals surface area contributed by atoms with E-state index in [1.807, 2.05) is 24.3 Å². The maximum Gasteiger partial charge on any atom is 0.315 e. The zero-order valence-electron chi connectivity index (χ0n) is 17.3. The lowest BCUT2D eigenvalue weighted by molar-refractivity contribution is 0.235. The quantitative estimate of drug-likeness (QED) is 0.609. The van der Waals surface area contributed by atoms with Gasteiger partial charge in [-0.1, -0.05) is 31.4 Å². The molecule has 2 fully saturated rings. The van der Waals surface area contributed by atoms with E-state index in [9.17, 15) is 18.5 Å². The Balaban J connectivity index is 1.36. The molecule has 1 heterocycles. The van der Waals surface area contributed by atoms with Crippen LogP contribution in [0.3, 0.4) is 0 Å². The lowest BCUT2D eigenvalue weighted by Gasteiger charge is -2.34. The molecule has 3 N–H and O–H groups in total. The molecule has 164 valence electrons. The van der Waals surface area contributed by atoms with E-state index < -0.39 is 10.0 Å². The number of hydrogen-bond donors (Lipinski definition) is 3. The van der Waals surface area contributed by atoms with Crippen molar-refractivity contribution in [1.29, 1.82) is 5.26 Å². The smallest absolute Gasteiger partial charge is 0.315 e. The van der Waals surface area contributed by atoms with E-state index in [-0.39, 0.29) is 30.4 Å². The van der Waals surface area contributed by atoms with Crippen molar-refractivity contribution >= 4 is 21.7 Å². The number of amides is 2. The van der Waals surface area contributed by atoms with Gasteiger partial charge < -0.3 is 15.5 Å². The molecule has 8 nitrogen and oxygen atoms in total. The number of piperidine rings is 1. The average Bonchev–Trinajstić information content (AvgIpc) is 2.74. The number of hydrogen-bond acceptors (Lipinski definition) is 5. The Kier molecular flexibility index (Phi) is 7.94. The molecule has 2 amide bonds. The fraction of sp³-hybridized carbons (Fsp3) is 0.619. The average molecular weight is 434 g/mol. The van der Waals surface area contributed by atoms with Crippen LogP contribution in [0.25, 0.3) is 0 Å². The molecule has 0 unspecified atom stereocenters. The molecule has 0 atom stereocenters. The predicted molar refractivity (Wildman–Crippen MR) is 117 cm³/mol. The number of nitrogens with one attached hydrogen (secondary N) is 3. The maximum absolute atomic E-state index is 12.2. The number of para-hydroxylation sites is 1. The number of benzene rings is 1. The lowest BCUT2D eigenvalue weighted by Crippen LogP contribution is -2.49. The zero-order valence-corrected chi connectivity index (χ0v) is 18.1. The second-order valence-electron chi connectivity index (χ2n) is 8.06. The first-order chi connectivity index (χ1) is 14.5. The minimum atomic E-state index is -3.38. The van der Waals surface area contributed by atoms with Crippen LogP contribution in [0.5, 0.6) is 0 Å². The van der Waals surface area contributed by atoms with E-state index in [4.69, 9.17) is 0 Å². The zero-order chi connectivity index (χ0) is 21.4. The maximum atomic E-state index is 12.2.